The summed E-state index contributed by atoms with van der Waals surface area (Å²) in [4.78, 5) is 10.2. The lowest BCUT2D eigenvalue weighted by Crippen LogP contribution is -1.78. The van der Waals surface area contributed by atoms with Gasteiger partial charge in [0.1, 0.15) is 17.4 Å². The highest BCUT2D eigenvalue weighted by molar-refractivity contribution is 5.78. The van der Waals surface area contributed by atoms with Crippen LogP contribution < -0.4 is 0 Å². The van der Waals surface area contributed by atoms with E-state index < -0.39 is 0 Å². The average Bonchev–Trinajstić information content (AvgIpc) is 2.36. The molecule has 0 unspecified atom stereocenters. The summed E-state index contributed by atoms with van der Waals surface area (Å²) in [5.41, 5.74) is 1.13. The first kappa shape index (κ1) is 5.22. The Balaban J connectivity index is 2.95. The van der Waals surface area contributed by atoms with Gasteiger partial charge in [-0.15, -0.1) is 0 Å². The molecule has 1 radical (unpaired) electrons. The molecule has 2 N–H and O–H groups in total. The lowest BCUT2D eigenvalue weighted by atomic mass is 10.4. The molecule has 0 aliphatic heterocycles. The minimum atomic E-state index is -0.0359. The van der Waals surface area contributed by atoms with Crippen molar-refractivity contribution in [3.05, 3.63) is 18.6 Å². The Morgan fingerprint density at radius 1 is 1.50 bits per heavy atom. The van der Waals surface area contributed by atoms with Gasteiger partial charge in [0.2, 0.25) is 5.88 Å². The fourth-order valence-corrected chi connectivity index (χ4v) is 0.795. The van der Waals surface area contributed by atoms with Crippen molar-refractivity contribution in [3.8, 4) is 5.88 Å². The van der Waals surface area contributed by atoms with E-state index >= 15 is 0 Å². The van der Waals surface area contributed by atoms with E-state index in [-0.39, 0.29) is 5.88 Å². The van der Waals surface area contributed by atoms with Crippen molar-refractivity contribution in [2.75, 3.05) is 0 Å². The Kier molecular flexibility index (Phi) is 0.887. The van der Waals surface area contributed by atoms with Crippen molar-refractivity contribution in [1.82, 2.24) is 15.0 Å². The van der Waals surface area contributed by atoms with Crippen LogP contribution in [-0.2, 0) is 0 Å². The van der Waals surface area contributed by atoms with E-state index in [9.17, 15) is 0 Å². The normalized spacial score (nSPS) is 10.4. The highest BCUT2D eigenvalue weighted by Gasteiger charge is 1.99. The smallest absolute Gasteiger partial charge is 0.239 e. The molecular weight excluding hydrogens is 130 g/mol. The van der Waals surface area contributed by atoms with E-state index in [0.29, 0.717) is 11.0 Å². The molecule has 49 valence electrons. The van der Waals surface area contributed by atoms with Gasteiger partial charge in [0.05, 0.1) is 0 Å². The van der Waals surface area contributed by atoms with Crippen LogP contribution in [0, 0.1) is 6.07 Å². The molecule has 4 nitrogen and oxygen atoms in total. The maximum Gasteiger partial charge on any atom is 0.239 e. The molecule has 0 spiro atoms. The summed E-state index contributed by atoms with van der Waals surface area (Å²) in [6, 6.07) is 2.79. The van der Waals surface area contributed by atoms with E-state index in [1.807, 2.05) is 0 Å². The number of nitrogens with one attached hydrogen (secondary N) is 1. The highest BCUT2D eigenvalue weighted by atomic mass is 16.3. The fourth-order valence-electron chi connectivity index (χ4n) is 0.795. The Labute approximate surface area is 56.6 Å². The highest BCUT2D eigenvalue weighted by Crippen LogP contribution is 2.15. The van der Waals surface area contributed by atoms with Gasteiger partial charge in [-0.2, -0.15) is 0 Å². The second kappa shape index (κ2) is 1.70. The van der Waals surface area contributed by atoms with Crippen LogP contribution in [-0.4, -0.2) is 20.1 Å². The molecule has 0 saturated carbocycles. The fraction of sp³-hybridized carbons (Fsp3) is 0. The minimum Gasteiger partial charge on any atom is -0.492 e. The molecule has 0 atom stereocenters. The first-order valence-corrected chi connectivity index (χ1v) is 2.76. The minimum absolute atomic E-state index is 0.0359. The predicted octanol–water partition coefficient (Wildman–Crippen LogP) is 0.464. The van der Waals surface area contributed by atoms with Gasteiger partial charge in [-0.3, -0.25) is 0 Å². The Morgan fingerprint density at radius 3 is 3.20 bits per heavy atom. The van der Waals surface area contributed by atoms with Crippen LogP contribution in [0.1, 0.15) is 0 Å². The van der Waals surface area contributed by atoms with Gasteiger partial charge in [-0.05, 0) is 0 Å². The van der Waals surface area contributed by atoms with Gasteiger partial charge in [-0.1, -0.05) is 0 Å². The topological polar surface area (TPSA) is 61.8 Å². The van der Waals surface area contributed by atoms with Crippen LogP contribution >= 0.6 is 0 Å². The maximum absolute atomic E-state index is 9.06. The molecule has 2 rings (SSSR count). The molecule has 0 aliphatic carbocycles. The van der Waals surface area contributed by atoms with Gasteiger partial charge in [-0.25, -0.2) is 9.97 Å². The van der Waals surface area contributed by atoms with Crippen molar-refractivity contribution in [1.29, 1.82) is 0 Å². The van der Waals surface area contributed by atoms with Crippen molar-refractivity contribution >= 4 is 11.0 Å². The number of nitrogens with zero attached hydrogens (tertiary/aromatic N) is 2. The number of aromatic amines is 1. The Bertz CT molecular complexity index is 355. The number of fused-ring (bicyclic) bond motifs is 1. The number of rotatable bonds is 0. The summed E-state index contributed by atoms with van der Waals surface area (Å²) in [6.07, 6.45) is 2.88. The van der Waals surface area contributed by atoms with Crippen LogP contribution in [0.5, 0.6) is 5.88 Å². The molecule has 0 amide bonds. The SMILES string of the molecule is Oc1ncnc2[c]c[nH]c12. The first-order valence-electron chi connectivity index (χ1n) is 2.76. The first-order chi connectivity index (χ1) is 4.88. The van der Waals surface area contributed by atoms with Gasteiger partial charge < -0.3 is 10.1 Å². The lowest BCUT2D eigenvalue weighted by Gasteiger charge is -1.89. The van der Waals surface area contributed by atoms with Crippen LogP contribution in [0.25, 0.3) is 11.0 Å². The molecule has 2 aromatic heterocycles. The third-order valence-electron chi connectivity index (χ3n) is 1.25. The van der Waals surface area contributed by atoms with Crippen LogP contribution in [0.3, 0.4) is 0 Å². The summed E-state index contributed by atoms with van der Waals surface area (Å²) >= 11 is 0. The third-order valence-corrected chi connectivity index (χ3v) is 1.25. The maximum atomic E-state index is 9.06. The van der Waals surface area contributed by atoms with E-state index in [1.165, 1.54) is 6.33 Å². The molecular formula is C6H4N3O. The van der Waals surface area contributed by atoms with E-state index in [2.05, 4.69) is 21.0 Å². The molecule has 0 bridgehead atoms. The van der Waals surface area contributed by atoms with Gasteiger partial charge in [0.15, 0.2) is 0 Å². The molecule has 0 saturated heterocycles. The average molecular weight is 134 g/mol. The summed E-state index contributed by atoms with van der Waals surface area (Å²) in [7, 11) is 0. The van der Waals surface area contributed by atoms with Gasteiger partial charge >= 0.3 is 0 Å². The Morgan fingerprint density at radius 2 is 2.40 bits per heavy atom. The third kappa shape index (κ3) is 0.556. The van der Waals surface area contributed by atoms with E-state index in [0.717, 1.165) is 0 Å². The zero-order chi connectivity index (χ0) is 6.97. The van der Waals surface area contributed by atoms with Crippen molar-refractivity contribution < 1.29 is 5.11 Å². The molecule has 0 fully saturated rings. The Hall–Kier alpha value is -1.58. The molecule has 0 aliphatic rings. The number of aromatic nitrogens is 3. The van der Waals surface area contributed by atoms with Crippen molar-refractivity contribution in [2.45, 2.75) is 0 Å². The van der Waals surface area contributed by atoms with Gasteiger partial charge in [0, 0.05) is 12.3 Å². The summed E-state index contributed by atoms with van der Waals surface area (Å²) in [5, 5.41) is 9.06. The lowest BCUT2D eigenvalue weighted by molar-refractivity contribution is 0.458. The molecule has 2 heterocycles. The molecule has 10 heavy (non-hydrogen) atoms. The number of aromatic hydroxyl groups is 1. The second-order valence-corrected chi connectivity index (χ2v) is 1.85. The van der Waals surface area contributed by atoms with Crippen LogP contribution in [0.15, 0.2) is 12.5 Å². The zero-order valence-electron chi connectivity index (χ0n) is 5.00. The van der Waals surface area contributed by atoms with Gasteiger partial charge in [0.25, 0.3) is 0 Å². The zero-order valence-corrected chi connectivity index (χ0v) is 5.00. The second-order valence-electron chi connectivity index (χ2n) is 1.85. The predicted molar refractivity (Wildman–Crippen MR) is 34.4 cm³/mol. The monoisotopic (exact) mass is 134 g/mol. The number of hydrogen-bond donors (Lipinski definition) is 2. The standard InChI is InChI=1S/C6H4N3O/c10-6-5-4(1-2-7-5)8-3-9-6/h2-3,7H,(H,8,9,10). The number of H-pyrrole nitrogens is 1. The summed E-state index contributed by atoms with van der Waals surface area (Å²) in [5.74, 6) is -0.0359. The van der Waals surface area contributed by atoms with Crippen LogP contribution in [0.4, 0.5) is 0 Å². The van der Waals surface area contributed by atoms with Crippen molar-refractivity contribution in [3.63, 3.8) is 0 Å². The summed E-state index contributed by atoms with van der Waals surface area (Å²) in [6.45, 7) is 0. The molecule has 2 aromatic rings. The quantitative estimate of drug-likeness (QED) is 0.550. The van der Waals surface area contributed by atoms with E-state index in [4.69, 9.17) is 5.11 Å². The largest absolute Gasteiger partial charge is 0.492 e. The van der Waals surface area contributed by atoms with Crippen molar-refractivity contribution in [2.24, 2.45) is 0 Å². The summed E-state index contributed by atoms with van der Waals surface area (Å²) < 4.78 is 0. The van der Waals surface area contributed by atoms with E-state index in [1.54, 1.807) is 6.20 Å². The molecule has 0 aromatic carbocycles. The van der Waals surface area contributed by atoms with Crippen LogP contribution in [0.2, 0.25) is 0 Å². The molecule has 4 heteroatoms. The number of hydrogen-bond acceptors (Lipinski definition) is 3.